The van der Waals surface area contributed by atoms with Crippen LogP contribution in [0.5, 0.6) is 5.88 Å². The van der Waals surface area contributed by atoms with Crippen LogP contribution < -0.4 is 4.74 Å². The number of hydrogen-bond acceptors (Lipinski definition) is 7. The Hall–Kier alpha value is -2.71. The van der Waals surface area contributed by atoms with Crippen LogP contribution in [0.15, 0.2) is 10.6 Å². The van der Waals surface area contributed by atoms with Gasteiger partial charge in [0.15, 0.2) is 11.2 Å². The van der Waals surface area contributed by atoms with Gasteiger partial charge in [-0.2, -0.15) is 0 Å². The van der Waals surface area contributed by atoms with Crippen molar-refractivity contribution < 1.29 is 38.7 Å². The van der Waals surface area contributed by atoms with Gasteiger partial charge in [0.2, 0.25) is 11.5 Å². The molecule has 1 heterocycles. The van der Waals surface area contributed by atoms with E-state index in [9.17, 15) is 24.3 Å². The molecule has 0 amide bonds. The van der Waals surface area contributed by atoms with Crippen molar-refractivity contribution in [2.45, 2.75) is 32.6 Å². The molecule has 0 aliphatic heterocycles. The summed E-state index contributed by atoms with van der Waals surface area (Å²) in [6, 6.07) is 1.10. The summed E-state index contributed by atoms with van der Waals surface area (Å²) in [5.74, 6) is -4.98. The standard InChI is InChI=1S/C14H17NO8/c1-8(16)14(13(20)21,6-4-3-5-11(17)18)12(19)9-7-10(22-2)15-23-9/h7H,3-6H2,1-2H3,(H,17,18)(H,20,21). The Bertz CT molecular complexity index is 604. The molecule has 23 heavy (non-hydrogen) atoms. The Kier molecular flexibility index (Phi) is 6.00. The molecule has 1 unspecified atom stereocenters. The van der Waals surface area contributed by atoms with Gasteiger partial charge in [-0.3, -0.25) is 19.2 Å². The summed E-state index contributed by atoms with van der Waals surface area (Å²) in [5, 5.41) is 21.4. The fourth-order valence-electron chi connectivity index (χ4n) is 2.14. The molecular weight excluding hydrogens is 310 g/mol. The number of aliphatic carboxylic acids is 2. The van der Waals surface area contributed by atoms with Crippen LogP contribution in [0, 0.1) is 5.41 Å². The fraction of sp³-hybridized carbons (Fsp3) is 0.500. The molecule has 1 rings (SSSR count). The lowest BCUT2D eigenvalue weighted by atomic mass is 9.74. The zero-order valence-electron chi connectivity index (χ0n) is 12.7. The number of hydrogen-bond donors (Lipinski definition) is 2. The van der Waals surface area contributed by atoms with Crippen LogP contribution in [0.4, 0.5) is 0 Å². The lowest BCUT2D eigenvalue weighted by Gasteiger charge is -2.23. The van der Waals surface area contributed by atoms with E-state index in [1.54, 1.807) is 0 Å². The van der Waals surface area contributed by atoms with E-state index in [0.717, 1.165) is 13.0 Å². The van der Waals surface area contributed by atoms with Gasteiger partial charge in [0, 0.05) is 6.42 Å². The highest BCUT2D eigenvalue weighted by Crippen LogP contribution is 2.32. The summed E-state index contributed by atoms with van der Waals surface area (Å²) in [6.07, 6.45) is -0.287. The minimum absolute atomic E-state index is 0.0259. The molecule has 0 aliphatic rings. The highest BCUT2D eigenvalue weighted by atomic mass is 16.5. The van der Waals surface area contributed by atoms with Crippen LogP contribution >= 0.6 is 0 Å². The van der Waals surface area contributed by atoms with Crippen molar-refractivity contribution in [1.29, 1.82) is 0 Å². The summed E-state index contributed by atoms with van der Waals surface area (Å²) in [7, 11) is 1.29. The maximum atomic E-state index is 12.5. The summed E-state index contributed by atoms with van der Waals surface area (Å²) in [6.45, 7) is 0.997. The predicted octanol–water partition coefficient (Wildman–Crippen LogP) is 1.17. The van der Waals surface area contributed by atoms with Gasteiger partial charge in [-0.15, -0.1) is 0 Å². The summed E-state index contributed by atoms with van der Waals surface area (Å²) < 4.78 is 9.48. The number of carboxylic acid groups (broad SMARTS) is 2. The smallest absolute Gasteiger partial charge is 0.325 e. The van der Waals surface area contributed by atoms with Gasteiger partial charge in [0.05, 0.1) is 13.2 Å². The van der Waals surface area contributed by atoms with Crippen LogP contribution in [-0.2, 0) is 14.4 Å². The summed E-state index contributed by atoms with van der Waals surface area (Å²) in [5.41, 5.74) is -2.33. The SMILES string of the molecule is COc1cc(C(=O)C(CCCCC(=O)O)(C(C)=O)C(=O)O)on1. The van der Waals surface area contributed by atoms with E-state index in [0.29, 0.717) is 0 Å². The Morgan fingerprint density at radius 3 is 2.35 bits per heavy atom. The average molecular weight is 327 g/mol. The number of unbranched alkanes of at least 4 members (excludes halogenated alkanes) is 1. The molecule has 0 saturated carbocycles. The third-order valence-electron chi connectivity index (χ3n) is 3.47. The van der Waals surface area contributed by atoms with E-state index in [1.165, 1.54) is 7.11 Å². The molecular formula is C14H17NO8. The van der Waals surface area contributed by atoms with E-state index in [-0.39, 0.29) is 31.6 Å². The van der Waals surface area contributed by atoms with E-state index in [1.807, 2.05) is 0 Å². The molecule has 0 aromatic carbocycles. The van der Waals surface area contributed by atoms with Gasteiger partial charge < -0.3 is 19.5 Å². The third kappa shape index (κ3) is 3.93. The first-order valence-corrected chi connectivity index (χ1v) is 6.77. The number of ketones is 2. The average Bonchev–Trinajstić information content (AvgIpc) is 2.94. The Morgan fingerprint density at radius 1 is 1.26 bits per heavy atom. The molecule has 0 saturated heterocycles. The van der Waals surface area contributed by atoms with Crippen molar-refractivity contribution >= 4 is 23.5 Å². The number of Topliss-reactive ketones (excluding diaryl/α,β-unsaturated/α-hetero) is 2. The first-order chi connectivity index (χ1) is 10.8. The quantitative estimate of drug-likeness (QED) is 0.367. The number of aromatic nitrogens is 1. The first kappa shape index (κ1) is 18.3. The number of nitrogens with zero attached hydrogens (tertiary/aromatic N) is 1. The molecule has 0 bridgehead atoms. The summed E-state index contributed by atoms with van der Waals surface area (Å²) >= 11 is 0. The second-order valence-electron chi connectivity index (χ2n) is 4.93. The highest BCUT2D eigenvalue weighted by Gasteiger charge is 2.52. The number of carbonyl (C=O) groups is 4. The number of carboxylic acids is 2. The van der Waals surface area contributed by atoms with Crippen LogP contribution in [0.25, 0.3) is 0 Å². The second kappa shape index (κ2) is 7.52. The van der Waals surface area contributed by atoms with Crippen LogP contribution in [-0.4, -0.2) is 46.0 Å². The van der Waals surface area contributed by atoms with Crippen LogP contribution in [0.1, 0.15) is 43.2 Å². The normalized spacial score (nSPS) is 13.1. The second-order valence-corrected chi connectivity index (χ2v) is 4.93. The van der Waals surface area contributed by atoms with E-state index in [4.69, 9.17) is 14.4 Å². The third-order valence-corrected chi connectivity index (χ3v) is 3.47. The van der Waals surface area contributed by atoms with E-state index in [2.05, 4.69) is 5.16 Å². The monoisotopic (exact) mass is 327 g/mol. The molecule has 0 aliphatic carbocycles. The summed E-state index contributed by atoms with van der Waals surface area (Å²) in [4.78, 5) is 46.5. The molecule has 0 fully saturated rings. The van der Waals surface area contributed by atoms with Gasteiger partial charge in [-0.25, -0.2) is 0 Å². The maximum Gasteiger partial charge on any atom is 0.325 e. The van der Waals surface area contributed by atoms with Crippen molar-refractivity contribution in [2.24, 2.45) is 5.41 Å². The molecule has 1 aromatic heterocycles. The molecule has 9 nitrogen and oxygen atoms in total. The Labute approximate surface area is 131 Å². The van der Waals surface area contributed by atoms with Gasteiger partial charge in [0.25, 0.3) is 5.88 Å². The lowest BCUT2D eigenvalue weighted by Crippen LogP contribution is -2.45. The number of carbonyl (C=O) groups excluding carboxylic acids is 2. The van der Waals surface area contributed by atoms with Gasteiger partial charge in [0.1, 0.15) is 0 Å². The van der Waals surface area contributed by atoms with Crippen molar-refractivity contribution in [1.82, 2.24) is 5.16 Å². The van der Waals surface area contributed by atoms with Gasteiger partial charge in [-0.1, -0.05) is 6.42 Å². The van der Waals surface area contributed by atoms with Gasteiger partial charge >= 0.3 is 11.9 Å². The zero-order chi connectivity index (χ0) is 17.6. The van der Waals surface area contributed by atoms with Crippen LogP contribution in [0.2, 0.25) is 0 Å². The van der Waals surface area contributed by atoms with Crippen LogP contribution in [0.3, 0.4) is 0 Å². The minimum Gasteiger partial charge on any atom is -0.481 e. The molecule has 1 aromatic rings. The molecule has 126 valence electrons. The minimum atomic E-state index is -2.33. The predicted molar refractivity (Wildman–Crippen MR) is 74.2 cm³/mol. The van der Waals surface area contributed by atoms with Gasteiger partial charge in [-0.05, 0) is 24.9 Å². The Morgan fingerprint density at radius 2 is 1.91 bits per heavy atom. The molecule has 0 radical (unpaired) electrons. The number of rotatable bonds is 10. The Balaban J connectivity index is 3.07. The zero-order valence-corrected chi connectivity index (χ0v) is 12.7. The molecule has 1 atom stereocenters. The molecule has 9 heteroatoms. The number of methoxy groups -OCH3 is 1. The van der Waals surface area contributed by atoms with Crippen molar-refractivity contribution in [3.63, 3.8) is 0 Å². The highest BCUT2D eigenvalue weighted by molar-refractivity contribution is 6.25. The topological polar surface area (TPSA) is 144 Å². The number of ether oxygens (including phenoxy) is 1. The first-order valence-electron chi connectivity index (χ1n) is 6.77. The fourth-order valence-corrected chi connectivity index (χ4v) is 2.14. The molecule has 0 spiro atoms. The molecule has 2 N–H and O–H groups in total. The van der Waals surface area contributed by atoms with Crippen molar-refractivity contribution in [2.75, 3.05) is 7.11 Å². The largest absolute Gasteiger partial charge is 0.481 e. The maximum absolute atomic E-state index is 12.5. The van der Waals surface area contributed by atoms with Crippen molar-refractivity contribution in [3.8, 4) is 5.88 Å². The van der Waals surface area contributed by atoms with Crippen molar-refractivity contribution in [3.05, 3.63) is 11.8 Å². The van der Waals surface area contributed by atoms with E-state index >= 15 is 0 Å². The van der Waals surface area contributed by atoms with E-state index < -0.39 is 34.7 Å². The lowest BCUT2D eigenvalue weighted by molar-refractivity contribution is -0.151.